The molecule has 0 fully saturated rings. The molecule has 0 saturated carbocycles. The number of hydrogen-bond donors (Lipinski definition) is 2. The molecule has 1 aromatic carbocycles. The number of nitrogens with zero attached hydrogens (tertiary/aromatic N) is 6. The Bertz CT molecular complexity index is 1020. The number of imidazole rings is 1. The second-order valence-electron chi connectivity index (χ2n) is 5.40. The Morgan fingerprint density at radius 2 is 1.86 bits per heavy atom. The van der Waals surface area contributed by atoms with Gasteiger partial charge in [-0.2, -0.15) is 0 Å². The van der Waals surface area contributed by atoms with Gasteiger partial charge in [-0.15, -0.1) is 0 Å². The van der Waals surface area contributed by atoms with Crippen LogP contribution in [-0.4, -0.2) is 35.3 Å². The molecule has 0 aliphatic rings. The normalized spacial score (nSPS) is 10.3. The third-order valence-corrected chi connectivity index (χ3v) is 3.57. The Morgan fingerprint density at radius 3 is 2.46 bits per heavy atom. The third-order valence-electron chi connectivity index (χ3n) is 3.57. The van der Waals surface area contributed by atoms with Crippen molar-refractivity contribution in [2.45, 2.75) is 6.42 Å². The van der Waals surface area contributed by atoms with E-state index in [0.29, 0.717) is 5.56 Å². The summed E-state index contributed by atoms with van der Waals surface area (Å²) >= 11 is 0. The van der Waals surface area contributed by atoms with Gasteiger partial charge in [-0.3, -0.25) is 40.4 Å². The summed E-state index contributed by atoms with van der Waals surface area (Å²) in [5, 5.41) is 22.1. The minimum atomic E-state index is -0.680. The van der Waals surface area contributed by atoms with Gasteiger partial charge in [0, 0.05) is 24.5 Å². The lowest BCUT2D eigenvalue weighted by molar-refractivity contribution is -0.384. The molecule has 2 N–H and O–H groups in total. The molecule has 0 aliphatic carbocycles. The van der Waals surface area contributed by atoms with Crippen LogP contribution >= 0.6 is 0 Å². The van der Waals surface area contributed by atoms with E-state index < -0.39 is 21.4 Å². The summed E-state index contributed by atoms with van der Waals surface area (Å²) < 4.78 is 1.34. The highest BCUT2D eigenvalue weighted by molar-refractivity contribution is 5.80. The first kappa shape index (κ1) is 18.4. The van der Waals surface area contributed by atoms with Crippen LogP contribution in [0.1, 0.15) is 5.56 Å². The van der Waals surface area contributed by atoms with Crippen molar-refractivity contribution >= 4 is 23.1 Å². The summed E-state index contributed by atoms with van der Waals surface area (Å²) in [5.74, 6) is -0.753. The van der Waals surface area contributed by atoms with Crippen molar-refractivity contribution in [2.75, 3.05) is 5.43 Å². The monoisotopic (exact) mass is 384 g/mol. The van der Waals surface area contributed by atoms with Gasteiger partial charge >= 0.3 is 5.69 Å². The van der Waals surface area contributed by atoms with E-state index >= 15 is 0 Å². The molecule has 2 heterocycles. The van der Waals surface area contributed by atoms with Gasteiger partial charge in [0.25, 0.3) is 5.69 Å². The molecule has 0 radical (unpaired) electrons. The van der Waals surface area contributed by atoms with E-state index in [0.717, 1.165) is 6.33 Å². The summed E-state index contributed by atoms with van der Waals surface area (Å²) in [7, 11) is 0. The van der Waals surface area contributed by atoms with Gasteiger partial charge < -0.3 is 0 Å². The highest BCUT2D eigenvalue weighted by Crippen LogP contribution is 2.26. The van der Waals surface area contributed by atoms with Crippen molar-refractivity contribution in [1.29, 1.82) is 0 Å². The Morgan fingerprint density at radius 1 is 1.11 bits per heavy atom. The third kappa shape index (κ3) is 4.04. The van der Waals surface area contributed by atoms with Crippen molar-refractivity contribution in [3.8, 4) is 5.82 Å². The fraction of sp³-hybridized carbons (Fsp3) is 0.0667. The van der Waals surface area contributed by atoms with E-state index in [9.17, 15) is 25.0 Å². The first-order valence-corrected chi connectivity index (χ1v) is 7.71. The van der Waals surface area contributed by atoms with E-state index in [1.807, 2.05) is 0 Å². The molecule has 0 bridgehead atoms. The van der Waals surface area contributed by atoms with Crippen LogP contribution in [0.4, 0.5) is 17.2 Å². The average molecular weight is 384 g/mol. The number of nitro groups is 2. The Labute approximate surface area is 156 Å². The minimum absolute atomic E-state index is 0.0235. The van der Waals surface area contributed by atoms with Crippen LogP contribution < -0.4 is 10.9 Å². The number of hydrogen-bond acceptors (Lipinski definition) is 9. The lowest BCUT2D eigenvalue weighted by Crippen LogP contribution is -2.31. The van der Waals surface area contributed by atoms with Crippen LogP contribution in [0.2, 0.25) is 0 Å². The van der Waals surface area contributed by atoms with Crippen molar-refractivity contribution in [3.05, 3.63) is 75.1 Å². The zero-order valence-electron chi connectivity index (χ0n) is 14.1. The molecular formula is C15H12N8O5. The predicted octanol–water partition coefficient (Wildman–Crippen LogP) is 1.16. The fourth-order valence-electron chi connectivity index (χ4n) is 2.30. The molecule has 13 nitrogen and oxygen atoms in total. The topological polar surface area (TPSA) is 171 Å². The first-order valence-electron chi connectivity index (χ1n) is 7.71. The molecule has 0 spiro atoms. The quantitative estimate of drug-likeness (QED) is 0.448. The molecular weight excluding hydrogens is 372 g/mol. The SMILES string of the molecule is O=C(Cc1ccc([N+](=O)[O-])cc1)NNc1ncnc(-n2ccnc2)c1[N+](=O)[O-]. The van der Waals surface area contributed by atoms with E-state index in [1.165, 1.54) is 47.6 Å². The zero-order valence-corrected chi connectivity index (χ0v) is 14.1. The zero-order chi connectivity index (χ0) is 20.1. The molecule has 0 aliphatic heterocycles. The number of nitro benzene ring substituents is 1. The molecule has 142 valence electrons. The number of aromatic nitrogens is 4. The molecule has 0 unspecified atom stereocenters. The highest BCUT2D eigenvalue weighted by Gasteiger charge is 2.24. The van der Waals surface area contributed by atoms with E-state index in [1.54, 1.807) is 0 Å². The molecule has 2 aromatic heterocycles. The molecule has 13 heteroatoms. The van der Waals surface area contributed by atoms with Crippen LogP contribution in [0.25, 0.3) is 5.82 Å². The smallest absolute Gasteiger partial charge is 0.285 e. The summed E-state index contributed by atoms with van der Waals surface area (Å²) in [5.41, 5.74) is 4.71. The van der Waals surface area contributed by atoms with Crippen LogP contribution in [0.3, 0.4) is 0 Å². The van der Waals surface area contributed by atoms with Gasteiger partial charge in [0.2, 0.25) is 17.5 Å². The first-order chi connectivity index (χ1) is 13.5. The van der Waals surface area contributed by atoms with Crippen LogP contribution in [0, 0.1) is 20.2 Å². The minimum Gasteiger partial charge on any atom is -0.285 e. The maximum Gasteiger partial charge on any atom is 0.355 e. The van der Waals surface area contributed by atoms with E-state index in [2.05, 4.69) is 25.8 Å². The van der Waals surface area contributed by atoms with Crippen LogP contribution in [0.15, 0.2) is 49.3 Å². The van der Waals surface area contributed by atoms with Gasteiger partial charge in [-0.25, -0.2) is 15.0 Å². The summed E-state index contributed by atoms with van der Waals surface area (Å²) in [6, 6.07) is 5.45. The Balaban J connectivity index is 1.72. The molecule has 28 heavy (non-hydrogen) atoms. The number of amides is 1. The van der Waals surface area contributed by atoms with Crippen LogP contribution in [-0.2, 0) is 11.2 Å². The number of benzene rings is 1. The maximum absolute atomic E-state index is 12.1. The number of rotatable bonds is 7. The largest absolute Gasteiger partial charge is 0.355 e. The van der Waals surface area contributed by atoms with Crippen molar-refractivity contribution in [2.24, 2.45) is 0 Å². The fourth-order valence-corrected chi connectivity index (χ4v) is 2.30. The summed E-state index contributed by atoms with van der Waals surface area (Å²) in [6.45, 7) is 0. The van der Waals surface area contributed by atoms with Crippen molar-refractivity contribution in [1.82, 2.24) is 24.9 Å². The Hall–Kier alpha value is -4.42. The van der Waals surface area contributed by atoms with E-state index in [-0.39, 0.29) is 23.7 Å². The van der Waals surface area contributed by atoms with Gasteiger partial charge in [0.05, 0.1) is 16.3 Å². The number of carbonyl (C=O) groups is 1. The maximum atomic E-state index is 12.1. The predicted molar refractivity (Wildman–Crippen MR) is 94.4 cm³/mol. The van der Waals surface area contributed by atoms with Gasteiger partial charge in [0.1, 0.15) is 12.7 Å². The lowest BCUT2D eigenvalue weighted by atomic mass is 10.1. The van der Waals surface area contributed by atoms with Gasteiger partial charge in [-0.05, 0) is 5.56 Å². The van der Waals surface area contributed by atoms with Gasteiger partial charge in [0.15, 0.2) is 0 Å². The second-order valence-corrected chi connectivity index (χ2v) is 5.40. The second kappa shape index (κ2) is 7.86. The number of nitrogens with one attached hydrogen (secondary N) is 2. The number of carbonyl (C=O) groups excluding carboxylic acids is 1. The lowest BCUT2D eigenvalue weighted by Gasteiger charge is -2.10. The number of hydrazine groups is 1. The number of non-ortho nitro benzene ring substituents is 1. The Kier molecular flexibility index (Phi) is 5.16. The van der Waals surface area contributed by atoms with Gasteiger partial charge in [-0.1, -0.05) is 12.1 Å². The van der Waals surface area contributed by atoms with Crippen molar-refractivity contribution in [3.63, 3.8) is 0 Å². The molecule has 0 atom stereocenters. The standard InChI is InChI=1S/C15H12N8O5/c24-12(7-10-1-3-11(4-2-10)22(25)26)19-20-14-13(23(27)28)15(18-8-17-14)21-6-5-16-9-21/h1-6,8-9H,7H2,(H,19,24)(H,17,18,20). The van der Waals surface area contributed by atoms with Crippen molar-refractivity contribution < 1.29 is 14.6 Å². The molecule has 1 amide bonds. The molecule has 3 aromatic rings. The average Bonchev–Trinajstić information content (AvgIpc) is 3.21. The highest BCUT2D eigenvalue weighted by atomic mass is 16.6. The van der Waals surface area contributed by atoms with Crippen LogP contribution in [0.5, 0.6) is 0 Å². The molecule has 3 rings (SSSR count). The molecule has 0 saturated heterocycles. The summed E-state index contributed by atoms with van der Waals surface area (Å²) in [4.78, 5) is 44.4. The number of anilines is 1. The van der Waals surface area contributed by atoms with E-state index in [4.69, 9.17) is 0 Å². The summed E-state index contributed by atoms with van der Waals surface area (Å²) in [6.07, 6.45) is 5.26.